The molecule has 0 saturated carbocycles. The third kappa shape index (κ3) is 2.95. The maximum absolute atomic E-state index is 12.9. The smallest absolute Gasteiger partial charge is 0.123 e. The van der Waals surface area contributed by atoms with Crippen LogP contribution in [0.2, 0.25) is 0 Å². The molecule has 1 fully saturated rings. The summed E-state index contributed by atoms with van der Waals surface area (Å²) in [6.07, 6.45) is 2.43. The quantitative estimate of drug-likeness (QED) is 0.850. The second kappa shape index (κ2) is 5.30. The highest BCUT2D eigenvalue weighted by molar-refractivity contribution is 5.32. The molecular weight excluding hydrogens is 205 g/mol. The number of ether oxygens (including phenoxy) is 1. The van der Waals surface area contributed by atoms with Gasteiger partial charge in [0.1, 0.15) is 11.6 Å². The Morgan fingerprint density at radius 2 is 2.38 bits per heavy atom. The molecule has 1 atom stereocenters. The molecule has 16 heavy (non-hydrogen) atoms. The Bertz CT molecular complexity index is 348. The lowest BCUT2D eigenvalue weighted by atomic mass is 10.0. The zero-order valence-electron chi connectivity index (χ0n) is 9.63. The van der Waals surface area contributed by atoms with E-state index >= 15 is 0 Å². The molecule has 88 valence electrons. The number of benzene rings is 1. The number of hydrogen-bond donors (Lipinski definition) is 1. The van der Waals surface area contributed by atoms with Crippen molar-refractivity contribution < 1.29 is 9.13 Å². The van der Waals surface area contributed by atoms with Crippen LogP contribution in [0.15, 0.2) is 18.2 Å². The molecule has 1 heterocycles. The Kier molecular flexibility index (Phi) is 3.78. The fourth-order valence-corrected chi connectivity index (χ4v) is 2.05. The lowest BCUT2D eigenvalue weighted by Crippen LogP contribution is -2.33. The molecule has 0 amide bonds. The predicted molar refractivity (Wildman–Crippen MR) is 62.2 cm³/mol. The van der Waals surface area contributed by atoms with Crippen molar-refractivity contribution in [1.29, 1.82) is 0 Å². The first-order valence-electron chi connectivity index (χ1n) is 5.85. The molecule has 1 saturated heterocycles. The van der Waals surface area contributed by atoms with Crippen molar-refractivity contribution in [1.82, 2.24) is 5.32 Å². The van der Waals surface area contributed by atoms with E-state index in [4.69, 9.17) is 4.74 Å². The molecule has 1 aliphatic rings. The van der Waals surface area contributed by atoms with Crippen LogP contribution in [0.1, 0.15) is 18.4 Å². The number of hydrogen-bond acceptors (Lipinski definition) is 2. The molecule has 1 aromatic rings. The van der Waals surface area contributed by atoms with E-state index in [9.17, 15) is 4.39 Å². The molecule has 2 rings (SSSR count). The second-order valence-corrected chi connectivity index (χ2v) is 4.43. The van der Waals surface area contributed by atoms with Gasteiger partial charge in [-0.15, -0.1) is 0 Å². The van der Waals surface area contributed by atoms with E-state index in [0.717, 1.165) is 31.0 Å². The third-order valence-corrected chi connectivity index (χ3v) is 3.01. The minimum Gasteiger partial charge on any atom is -0.493 e. The monoisotopic (exact) mass is 223 g/mol. The molecule has 2 nitrogen and oxygen atoms in total. The van der Waals surface area contributed by atoms with Crippen LogP contribution in [0.5, 0.6) is 5.75 Å². The van der Waals surface area contributed by atoms with Gasteiger partial charge >= 0.3 is 0 Å². The summed E-state index contributed by atoms with van der Waals surface area (Å²) in [4.78, 5) is 0. The number of halogens is 1. The summed E-state index contributed by atoms with van der Waals surface area (Å²) in [6, 6.07) is 4.66. The van der Waals surface area contributed by atoms with Crippen molar-refractivity contribution in [3.8, 4) is 5.75 Å². The average Bonchev–Trinajstić information content (AvgIpc) is 2.29. The van der Waals surface area contributed by atoms with Crippen LogP contribution < -0.4 is 10.1 Å². The van der Waals surface area contributed by atoms with E-state index in [1.165, 1.54) is 25.0 Å². The van der Waals surface area contributed by atoms with Gasteiger partial charge in [-0.2, -0.15) is 0 Å². The van der Waals surface area contributed by atoms with E-state index < -0.39 is 0 Å². The molecule has 1 aromatic carbocycles. The summed E-state index contributed by atoms with van der Waals surface area (Å²) in [7, 11) is 0. The van der Waals surface area contributed by atoms with Crippen LogP contribution in [-0.4, -0.2) is 19.7 Å². The van der Waals surface area contributed by atoms with Gasteiger partial charge in [0.25, 0.3) is 0 Å². The van der Waals surface area contributed by atoms with E-state index in [1.54, 1.807) is 6.07 Å². The molecule has 1 N–H and O–H groups in total. The summed E-state index contributed by atoms with van der Waals surface area (Å²) in [5.74, 6) is 1.18. The predicted octanol–water partition coefficient (Wildman–Crippen LogP) is 2.51. The number of aryl methyl sites for hydroxylation is 1. The maximum atomic E-state index is 12.9. The van der Waals surface area contributed by atoms with Crippen molar-refractivity contribution in [2.75, 3.05) is 19.7 Å². The zero-order chi connectivity index (χ0) is 11.4. The number of nitrogens with one attached hydrogen (secondary N) is 1. The normalized spacial score (nSPS) is 20.8. The summed E-state index contributed by atoms with van der Waals surface area (Å²) in [5, 5.41) is 3.35. The van der Waals surface area contributed by atoms with Gasteiger partial charge in [-0.25, -0.2) is 4.39 Å². The molecule has 0 aliphatic carbocycles. The van der Waals surface area contributed by atoms with Gasteiger partial charge < -0.3 is 10.1 Å². The molecule has 0 radical (unpaired) electrons. The van der Waals surface area contributed by atoms with Crippen molar-refractivity contribution in [3.63, 3.8) is 0 Å². The summed E-state index contributed by atoms with van der Waals surface area (Å²) < 4.78 is 18.6. The Morgan fingerprint density at radius 1 is 1.50 bits per heavy atom. The molecule has 1 unspecified atom stereocenters. The van der Waals surface area contributed by atoms with E-state index in [0.29, 0.717) is 5.92 Å². The summed E-state index contributed by atoms with van der Waals surface area (Å²) >= 11 is 0. The van der Waals surface area contributed by atoms with Crippen molar-refractivity contribution in [2.45, 2.75) is 19.8 Å². The van der Waals surface area contributed by atoms with Crippen molar-refractivity contribution >= 4 is 0 Å². The van der Waals surface area contributed by atoms with Gasteiger partial charge in [0.15, 0.2) is 0 Å². The topological polar surface area (TPSA) is 21.3 Å². The third-order valence-electron chi connectivity index (χ3n) is 3.01. The molecule has 0 aromatic heterocycles. The van der Waals surface area contributed by atoms with Crippen LogP contribution in [0.25, 0.3) is 0 Å². The van der Waals surface area contributed by atoms with Gasteiger partial charge in [0.05, 0.1) is 6.61 Å². The Morgan fingerprint density at radius 3 is 3.06 bits per heavy atom. The van der Waals surface area contributed by atoms with Gasteiger partial charge in [0, 0.05) is 12.5 Å². The fourth-order valence-electron chi connectivity index (χ4n) is 2.05. The first kappa shape index (κ1) is 11.4. The van der Waals surface area contributed by atoms with Crippen LogP contribution in [0, 0.1) is 18.7 Å². The second-order valence-electron chi connectivity index (χ2n) is 4.43. The molecule has 0 bridgehead atoms. The van der Waals surface area contributed by atoms with Gasteiger partial charge in [0.2, 0.25) is 0 Å². The maximum Gasteiger partial charge on any atom is 0.123 e. The van der Waals surface area contributed by atoms with Crippen LogP contribution >= 0.6 is 0 Å². The Balaban J connectivity index is 1.88. The Hall–Kier alpha value is -1.09. The highest BCUT2D eigenvalue weighted by Gasteiger charge is 2.13. The first-order valence-corrected chi connectivity index (χ1v) is 5.85. The molecular formula is C13H18FNO. The largest absolute Gasteiger partial charge is 0.493 e. The van der Waals surface area contributed by atoms with E-state index in [2.05, 4.69) is 5.32 Å². The zero-order valence-corrected chi connectivity index (χ0v) is 9.63. The van der Waals surface area contributed by atoms with Crippen LogP contribution in [0.4, 0.5) is 4.39 Å². The highest BCUT2D eigenvalue weighted by atomic mass is 19.1. The minimum absolute atomic E-state index is 0.204. The van der Waals surface area contributed by atoms with E-state index in [-0.39, 0.29) is 5.82 Å². The lowest BCUT2D eigenvalue weighted by molar-refractivity contribution is 0.217. The standard InChI is InChI=1S/C13H18FNO/c1-10-7-12(14)4-5-13(10)16-9-11-3-2-6-15-8-11/h4-5,7,11,15H,2-3,6,8-9H2,1H3. The minimum atomic E-state index is -0.204. The summed E-state index contributed by atoms with van der Waals surface area (Å²) in [6.45, 7) is 4.74. The van der Waals surface area contributed by atoms with E-state index in [1.807, 2.05) is 6.92 Å². The van der Waals surface area contributed by atoms with Crippen molar-refractivity contribution in [3.05, 3.63) is 29.6 Å². The van der Waals surface area contributed by atoms with Crippen molar-refractivity contribution in [2.24, 2.45) is 5.92 Å². The molecule has 0 spiro atoms. The number of piperidine rings is 1. The van der Waals surface area contributed by atoms with Gasteiger partial charge in [-0.1, -0.05) is 0 Å². The number of rotatable bonds is 3. The molecule has 3 heteroatoms. The Labute approximate surface area is 95.8 Å². The van der Waals surface area contributed by atoms with Gasteiger partial charge in [-0.05, 0) is 50.1 Å². The van der Waals surface area contributed by atoms with Crippen LogP contribution in [0.3, 0.4) is 0 Å². The van der Waals surface area contributed by atoms with Gasteiger partial charge in [-0.3, -0.25) is 0 Å². The summed E-state index contributed by atoms with van der Waals surface area (Å²) in [5.41, 5.74) is 0.865. The lowest BCUT2D eigenvalue weighted by Gasteiger charge is -2.23. The first-order chi connectivity index (χ1) is 7.75. The fraction of sp³-hybridized carbons (Fsp3) is 0.538. The average molecular weight is 223 g/mol. The van der Waals surface area contributed by atoms with Crippen LogP contribution in [-0.2, 0) is 0 Å². The SMILES string of the molecule is Cc1cc(F)ccc1OCC1CCCNC1. The highest BCUT2D eigenvalue weighted by Crippen LogP contribution is 2.20. The molecule has 1 aliphatic heterocycles.